The van der Waals surface area contributed by atoms with Gasteiger partial charge in [-0.2, -0.15) is 4.68 Å². The van der Waals surface area contributed by atoms with Gasteiger partial charge in [-0.25, -0.2) is 14.4 Å². The highest BCUT2D eigenvalue weighted by molar-refractivity contribution is 5.81. The van der Waals surface area contributed by atoms with Gasteiger partial charge < -0.3 is 20.3 Å². The van der Waals surface area contributed by atoms with E-state index in [4.69, 9.17) is 9.84 Å². The number of alkyl halides is 1. The van der Waals surface area contributed by atoms with Crippen LogP contribution in [0.4, 0.5) is 10.2 Å². The molecule has 0 radical (unpaired) electrons. The number of halogens is 1. The van der Waals surface area contributed by atoms with Gasteiger partial charge in [0.2, 0.25) is 0 Å². The van der Waals surface area contributed by atoms with Crippen molar-refractivity contribution in [3.8, 4) is 0 Å². The normalized spacial score (nSPS) is 32.7. The Bertz CT molecular complexity index is 662. The number of aromatic nitrogens is 5. The number of hydrogen-bond acceptors (Lipinski definition) is 8. The molecule has 0 bridgehead atoms. The van der Waals surface area contributed by atoms with Gasteiger partial charge in [0.1, 0.15) is 18.5 Å². The van der Waals surface area contributed by atoms with E-state index in [1.807, 2.05) is 0 Å². The lowest BCUT2D eigenvalue weighted by Gasteiger charge is -2.23. The molecule has 2 aromatic heterocycles. The van der Waals surface area contributed by atoms with Crippen LogP contribution < -0.4 is 5.32 Å². The van der Waals surface area contributed by atoms with E-state index in [0.717, 1.165) is 4.68 Å². The lowest BCUT2D eigenvalue weighted by atomic mass is 9.99. The van der Waals surface area contributed by atoms with E-state index in [0.29, 0.717) is 11.3 Å². The van der Waals surface area contributed by atoms with Gasteiger partial charge in [0.15, 0.2) is 28.9 Å². The summed E-state index contributed by atoms with van der Waals surface area (Å²) < 4.78 is 21.3. The van der Waals surface area contributed by atoms with Crippen molar-refractivity contribution in [2.45, 2.75) is 31.0 Å². The van der Waals surface area contributed by atoms with Crippen molar-refractivity contribution in [1.82, 2.24) is 25.0 Å². The van der Waals surface area contributed by atoms with Crippen LogP contribution in [0.25, 0.3) is 11.2 Å². The van der Waals surface area contributed by atoms with Crippen LogP contribution in [0.5, 0.6) is 0 Å². The molecule has 2 aromatic rings. The Balaban J connectivity index is 2.09. The Labute approximate surface area is 118 Å². The Kier molecular flexibility index (Phi) is 3.23. The number of nitrogens with one attached hydrogen (secondary N) is 1. The molecule has 0 amide bonds. The second-order valence-corrected chi connectivity index (χ2v) is 4.98. The highest BCUT2D eigenvalue weighted by Gasteiger charge is 2.55. The summed E-state index contributed by atoms with van der Waals surface area (Å²) in [4.78, 5) is 8.02. The molecule has 4 atom stereocenters. The van der Waals surface area contributed by atoms with Gasteiger partial charge in [0, 0.05) is 7.05 Å². The van der Waals surface area contributed by atoms with Crippen molar-refractivity contribution in [3.05, 3.63) is 6.33 Å². The zero-order chi connectivity index (χ0) is 15.2. The first kappa shape index (κ1) is 14.0. The SMILES string of the molecule is CNc1ncnc2c1nnn2[C@@H]1O[C@H](CO)[C@@H](O)[C@@]1(C)F. The van der Waals surface area contributed by atoms with Crippen LogP contribution in [0.3, 0.4) is 0 Å². The first-order chi connectivity index (χ1) is 10.0. The highest BCUT2D eigenvalue weighted by Crippen LogP contribution is 2.41. The highest BCUT2D eigenvalue weighted by atomic mass is 19.1. The third kappa shape index (κ3) is 1.94. The summed E-state index contributed by atoms with van der Waals surface area (Å²) >= 11 is 0. The predicted molar refractivity (Wildman–Crippen MR) is 69.2 cm³/mol. The van der Waals surface area contributed by atoms with Crippen molar-refractivity contribution in [1.29, 1.82) is 0 Å². The van der Waals surface area contributed by atoms with E-state index in [9.17, 15) is 9.50 Å². The van der Waals surface area contributed by atoms with Crippen molar-refractivity contribution in [3.63, 3.8) is 0 Å². The number of rotatable bonds is 3. The van der Waals surface area contributed by atoms with Gasteiger partial charge in [-0.1, -0.05) is 5.21 Å². The molecule has 114 valence electrons. The Hall–Kier alpha value is -1.91. The second kappa shape index (κ2) is 4.83. The van der Waals surface area contributed by atoms with Gasteiger partial charge in [-0.05, 0) is 6.92 Å². The summed E-state index contributed by atoms with van der Waals surface area (Å²) in [5.41, 5.74) is -1.51. The molecule has 3 rings (SSSR count). The van der Waals surface area contributed by atoms with E-state index in [2.05, 4.69) is 25.6 Å². The van der Waals surface area contributed by atoms with Gasteiger partial charge in [0.05, 0.1) is 6.61 Å². The first-order valence-corrected chi connectivity index (χ1v) is 6.37. The van der Waals surface area contributed by atoms with Crippen LogP contribution in [-0.2, 0) is 4.74 Å². The van der Waals surface area contributed by atoms with Gasteiger partial charge in [-0.15, -0.1) is 5.10 Å². The lowest BCUT2D eigenvalue weighted by Crippen LogP contribution is -2.40. The van der Waals surface area contributed by atoms with Crippen LogP contribution >= 0.6 is 0 Å². The van der Waals surface area contributed by atoms with Crippen molar-refractivity contribution < 1.29 is 19.3 Å². The minimum atomic E-state index is -2.14. The molecule has 1 aliphatic heterocycles. The number of hydrogen-bond donors (Lipinski definition) is 3. The molecule has 3 heterocycles. The average Bonchev–Trinajstić information content (AvgIpc) is 2.99. The average molecular weight is 298 g/mol. The fraction of sp³-hybridized carbons (Fsp3) is 0.636. The number of fused-ring (bicyclic) bond motifs is 1. The summed E-state index contributed by atoms with van der Waals surface area (Å²) in [7, 11) is 1.66. The molecule has 3 N–H and O–H groups in total. The van der Waals surface area contributed by atoms with Crippen LogP contribution in [-0.4, -0.2) is 66.7 Å². The molecule has 0 aliphatic carbocycles. The third-order valence-electron chi connectivity index (χ3n) is 3.62. The maximum absolute atomic E-state index is 14.7. The zero-order valence-electron chi connectivity index (χ0n) is 11.4. The lowest BCUT2D eigenvalue weighted by molar-refractivity contribution is -0.0639. The predicted octanol–water partition coefficient (Wildman–Crippen LogP) is -0.758. The fourth-order valence-electron chi connectivity index (χ4n) is 2.43. The summed E-state index contributed by atoms with van der Waals surface area (Å²) in [5.74, 6) is 0.448. The quantitative estimate of drug-likeness (QED) is 0.677. The summed E-state index contributed by atoms with van der Waals surface area (Å²) in [6, 6.07) is 0. The van der Waals surface area contributed by atoms with Crippen LogP contribution in [0, 0.1) is 0 Å². The van der Waals surface area contributed by atoms with Crippen molar-refractivity contribution in [2.24, 2.45) is 0 Å². The molecular formula is C11H15FN6O3. The molecule has 21 heavy (non-hydrogen) atoms. The molecule has 10 heteroatoms. The van der Waals surface area contributed by atoms with E-state index >= 15 is 0 Å². The smallest absolute Gasteiger partial charge is 0.191 e. The molecule has 1 fully saturated rings. The van der Waals surface area contributed by atoms with Crippen LogP contribution in [0.15, 0.2) is 6.33 Å². The molecule has 0 unspecified atom stereocenters. The molecule has 0 spiro atoms. The van der Waals surface area contributed by atoms with Gasteiger partial charge in [0.25, 0.3) is 0 Å². The Morgan fingerprint density at radius 1 is 1.52 bits per heavy atom. The summed E-state index contributed by atoms with van der Waals surface area (Å²) in [6.07, 6.45) is -2.46. The molecule has 1 aliphatic rings. The Morgan fingerprint density at radius 2 is 2.29 bits per heavy atom. The maximum atomic E-state index is 14.7. The van der Waals surface area contributed by atoms with E-state index in [-0.39, 0.29) is 5.65 Å². The van der Waals surface area contributed by atoms with Crippen LogP contribution in [0.2, 0.25) is 0 Å². The van der Waals surface area contributed by atoms with Crippen molar-refractivity contribution >= 4 is 17.0 Å². The second-order valence-electron chi connectivity index (χ2n) is 4.98. The molecular weight excluding hydrogens is 283 g/mol. The van der Waals surface area contributed by atoms with Gasteiger partial charge >= 0.3 is 0 Å². The topological polar surface area (TPSA) is 118 Å². The Morgan fingerprint density at radius 3 is 2.90 bits per heavy atom. The van der Waals surface area contributed by atoms with Crippen molar-refractivity contribution in [2.75, 3.05) is 19.0 Å². The minimum Gasteiger partial charge on any atom is -0.394 e. The summed E-state index contributed by atoms with van der Waals surface area (Å²) in [6.45, 7) is 0.687. The zero-order valence-corrected chi connectivity index (χ0v) is 11.4. The number of nitrogens with zero attached hydrogens (tertiary/aromatic N) is 5. The number of aliphatic hydroxyl groups excluding tert-OH is 2. The number of aliphatic hydroxyl groups is 2. The van der Waals surface area contributed by atoms with E-state index in [1.165, 1.54) is 13.3 Å². The third-order valence-corrected chi connectivity index (χ3v) is 3.62. The largest absolute Gasteiger partial charge is 0.394 e. The monoisotopic (exact) mass is 298 g/mol. The molecule has 0 saturated carbocycles. The van der Waals surface area contributed by atoms with E-state index in [1.54, 1.807) is 7.05 Å². The fourth-order valence-corrected chi connectivity index (χ4v) is 2.43. The number of ether oxygens (including phenoxy) is 1. The number of anilines is 1. The standard InChI is InChI=1S/C11H15FN6O3/c1-11(12)7(20)5(3-19)21-10(11)18-9-6(16-17-18)8(13-2)14-4-15-9/h4-5,7,10,19-20H,3H2,1-2H3,(H,13,14,15)/t5-,7-,10-,11-/m1/s1. The molecule has 9 nitrogen and oxygen atoms in total. The summed E-state index contributed by atoms with van der Waals surface area (Å²) in [5, 5.41) is 29.6. The van der Waals surface area contributed by atoms with Gasteiger partial charge in [-0.3, -0.25) is 0 Å². The van der Waals surface area contributed by atoms with Crippen LogP contribution in [0.1, 0.15) is 13.2 Å². The first-order valence-electron chi connectivity index (χ1n) is 6.37. The maximum Gasteiger partial charge on any atom is 0.191 e. The van der Waals surface area contributed by atoms with E-state index < -0.39 is 30.7 Å². The molecule has 0 aromatic carbocycles. The minimum absolute atomic E-state index is 0.272. The molecule has 1 saturated heterocycles.